The van der Waals surface area contributed by atoms with Gasteiger partial charge in [-0.05, 0) is 71.3 Å². The van der Waals surface area contributed by atoms with Gasteiger partial charge in [-0.1, -0.05) is 85.8 Å². The second kappa shape index (κ2) is 13.1. The molecule has 1 fully saturated rings. The topological polar surface area (TPSA) is 65.0 Å². The molecule has 1 saturated heterocycles. The zero-order valence-corrected chi connectivity index (χ0v) is 24.6. The first kappa shape index (κ1) is 29.3. The van der Waals surface area contributed by atoms with Crippen LogP contribution < -0.4 is 4.74 Å². The highest BCUT2D eigenvalue weighted by Crippen LogP contribution is 2.54. The molecule has 1 N–H and O–H groups in total. The Bertz CT molecular complexity index is 1290. The van der Waals surface area contributed by atoms with Crippen LogP contribution in [0.5, 0.6) is 11.5 Å². The summed E-state index contributed by atoms with van der Waals surface area (Å²) < 4.78 is 31.4. The Morgan fingerprint density at radius 1 is 1.03 bits per heavy atom. The Morgan fingerprint density at radius 2 is 1.79 bits per heavy atom. The monoisotopic (exact) mass is 596 g/mol. The molecular weight excluding hydrogens is 566 g/mol. The zero-order valence-electron chi connectivity index (χ0n) is 21.5. The number of phenols is 1. The Balaban J connectivity index is 1.50. The maximum atomic E-state index is 13.7. The molecule has 0 amide bonds. The fraction of sp³-hybridized carbons (Fsp3) is 0.379. The van der Waals surface area contributed by atoms with Crippen molar-refractivity contribution in [2.24, 2.45) is 0 Å². The number of hydrogen-bond acceptors (Lipinski definition) is 5. The molecule has 0 unspecified atom stereocenters. The van der Waals surface area contributed by atoms with Gasteiger partial charge in [0.1, 0.15) is 11.5 Å². The van der Waals surface area contributed by atoms with Gasteiger partial charge in [0, 0.05) is 21.5 Å². The minimum Gasteiger partial charge on any atom is -0.508 e. The fourth-order valence-electron chi connectivity index (χ4n) is 4.46. The summed E-state index contributed by atoms with van der Waals surface area (Å²) in [6.45, 7) is 4.38. The number of hydrogen-bond donors (Lipinski definition) is 1. The lowest BCUT2D eigenvalue weighted by atomic mass is 9.96. The molecule has 204 valence electrons. The smallest absolute Gasteiger partial charge is 0.368 e. The van der Waals surface area contributed by atoms with E-state index in [0.717, 1.165) is 41.5 Å². The van der Waals surface area contributed by atoms with Crippen LogP contribution in [0.25, 0.3) is 0 Å². The van der Waals surface area contributed by atoms with Crippen LogP contribution in [0.4, 0.5) is 0 Å². The second-order valence-corrected chi connectivity index (χ2v) is 13.0. The highest BCUT2D eigenvalue weighted by atomic mass is 35.5. The van der Waals surface area contributed by atoms with Crippen molar-refractivity contribution in [1.82, 2.24) is 0 Å². The standard InChI is InChI=1S/C29H32Cl3O5P/c1-19(2)24-13-20(10-11-28(24)33)14-25-26(31)16-23(17-27(25)32)35-18-38(34)36-12-5-3-4-9-29(37-38)21-7-6-8-22(30)15-21/h6-8,10-11,13,15-17,19,29,33H,3-5,9,12,14,18H2,1-2H3/t29-,38+/m0/s1. The molecule has 0 aromatic heterocycles. The first-order chi connectivity index (χ1) is 18.1. The minimum atomic E-state index is -3.61. The van der Waals surface area contributed by atoms with E-state index >= 15 is 0 Å². The molecule has 0 spiro atoms. The molecule has 9 heteroatoms. The Kier molecular flexibility index (Phi) is 10.1. The summed E-state index contributed by atoms with van der Waals surface area (Å²) >= 11 is 19.4. The van der Waals surface area contributed by atoms with Crippen molar-refractivity contribution in [2.75, 3.05) is 13.0 Å². The van der Waals surface area contributed by atoms with Gasteiger partial charge >= 0.3 is 7.60 Å². The van der Waals surface area contributed by atoms with E-state index in [1.807, 2.05) is 44.2 Å². The lowest BCUT2D eigenvalue weighted by Gasteiger charge is -2.24. The maximum absolute atomic E-state index is 13.7. The molecule has 0 radical (unpaired) electrons. The van der Waals surface area contributed by atoms with Gasteiger partial charge in [-0.15, -0.1) is 0 Å². The van der Waals surface area contributed by atoms with Crippen molar-refractivity contribution in [2.45, 2.75) is 58.0 Å². The van der Waals surface area contributed by atoms with Crippen LogP contribution in [-0.2, 0) is 20.0 Å². The first-order valence-corrected chi connectivity index (χ1v) is 15.6. The van der Waals surface area contributed by atoms with E-state index in [1.165, 1.54) is 0 Å². The summed E-state index contributed by atoms with van der Waals surface area (Å²) in [4.78, 5) is 0. The van der Waals surface area contributed by atoms with Crippen molar-refractivity contribution in [3.63, 3.8) is 0 Å². The van der Waals surface area contributed by atoms with E-state index < -0.39 is 13.7 Å². The molecule has 1 aliphatic heterocycles. The largest absolute Gasteiger partial charge is 0.508 e. The average molecular weight is 598 g/mol. The van der Waals surface area contributed by atoms with Crippen molar-refractivity contribution in [3.05, 3.63) is 91.9 Å². The second-order valence-electron chi connectivity index (χ2n) is 9.81. The van der Waals surface area contributed by atoms with Gasteiger partial charge < -0.3 is 14.4 Å². The Hall–Kier alpha value is -1.72. The summed E-state index contributed by atoms with van der Waals surface area (Å²) in [5.74, 6) is 0.824. The summed E-state index contributed by atoms with van der Waals surface area (Å²) in [7, 11) is -3.61. The first-order valence-electron chi connectivity index (χ1n) is 12.7. The average Bonchev–Trinajstić information content (AvgIpc) is 2.96. The minimum absolute atomic E-state index is 0.180. The van der Waals surface area contributed by atoms with Crippen LogP contribution >= 0.6 is 42.4 Å². The van der Waals surface area contributed by atoms with Gasteiger partial charge in [-0.2, -0.15) is 0 Å². The van der Waals surface area contributed by atoms with Gasteiger partial charge in [0.15, 0.2) is 6.35 Å². The SMILES string of the molecule is CC(C)c1cc(Cc2c(Cl)cc(OC[P@@]3(=O)OCCCCC[C@@H](c4cccc(Cl)c4)O3)cc2Cl)ccc1O. The van der Waals surface area contributed by atoms with Crippen molar-refractivity contribution >= 4 is 42.4 Å². The quantitative estimate of drug-likeness (QED) is 0.275. The lowest BCUT2D eigenvalue weighted by Crippen LogP contribution is -2.10. The van der Waals surface area contributed by atoms with Crippen molar-refractivity contribution < 1.29 is 23.5 Å². The van der Waals surface area contributed by atoms with Crippen LogP contribution in [0.1, 0.15) is 73.8 Å². The number of benzene rings is 3. The van der Waals surface area contributed by atoms with Crippen LogP contribution in [0.2, 0.25) is 15.1 Å². The molecule has 0 bridgehead atoms. The predicted molar refractivity (Wildman–Crippen MR) is 154 cm³/mol. The Morgan fingerprint density at radius 3 is 2.50 bits per heavy atom. The molecule has 1 aliphatic rings. The number of halogens is 3. The molecular formula is C29H32Cl3O5P. The van der Waals surface area contributed by atoms with Crippen LogP contribution in [0.15, 0.2) is 54.6 Å². The van der Waals surface area contributed by atoms with Gasteiger partial charge in [0.25, 0.3) is 0 Å². The third-order valence-corrected chi connectivity index (χ3v) is 9.01. The molecule has 4 rings (SSSR count). The summed E-state index contributed by atoms with van der Waals surface area (Å²) in [6, 6.07) is 16.2. The molecule has 5 nitrogen and oxygen atoms in total. The lowest BCUT2D eigenvalue weighted by molar-refractivity contribution is 0.135. The van der Waals surface area contributed by atoms with Crippen LogP contribution in [0.3, 0.4) is 0 Å². The summed E-state index contributed by atoms with van der Waals surface area (Å²) in [5.41, 5.74) is 3.44. The van der Waals surface area contributed by atoms with Gasteiger partial charge in [-0.25, -0.2) is 0 Å². The van der Waals surface area contributed by atoms with Crippen LogP contribution in [-0.4, -0.2) is 18.1 Å². The van der Waals surface area contributed by atoms with E-state index in [0.29, 0.717) is 40.3 Å². The molecule has 1 heterocycles. The van der Waals surface area contributed by atoms with E-state index in [-0.39, 0.29) is 18.0 Å². The maximum Gasteiger partial charge on any atom is 0.368 e. The van der Waals surface area contributed by atoms with Gasteiger partial charge in [0.2, 0.25) is 0 Å². The summed E-state index contributed by atoms with van der Waals surface area (Å²) in [6.07, 6.45) is 3.17. The third kappa shape index (κ3) is 7.69. The molecule has 0 saturated carbocycles. The van der Waals surface area contributed by atoms with E-state index in [2.05, 4.69) is 0 Å². The highest BCUT2D eigenvalue weighted by molar-refractivity contribution is 7.53. The van der Waals surface area contributed by atoms with E-state index in [4.69, 9.17) is 48.6 Å². The molecule has 3 aromatic rings. The number of ether oxygens (including phenoxy) is 1. The number of phenolic OH excluding ortho intramolecular Hbond substituents is 1. The van der Waals surface area contributed by atoms with Gasteiger partial charge in [-0.3, -0.25) is 9.09 Å². The molecule has 0 aliphatic carbocycles. The summed E-state index contributed by atoms with van der Waals surface area (Å²) in [5, 5.41) is 11.6. The van der Waals surface area contributed by atoms with E-state index in [9.17, 15) is 9.67 Å². The van der Waals surface area contributed by atoms with Crippen LogP contribution in [0, 0.1) is 0 Å². The fourth-order valence-corrected chi connectivity index (χ4v) is 6.78. The highest BCUT2D eigenvalue weighted by Gasteiger charge is 2.32. The van der Waals surface area contributed by atoms with E-state index in [1.54, 1.807) is 24.3 Å². The normalized spacial score (nSPS) is 20.5. The number of aromatic hydroxyl groups is 1. The molecule has 2 atom stereocenters. The van der Waals surface area contributed by atoms with Gasteiger partial charge in [0.05, 0.1) is 12.7 Å². The zero-order chi connectivity index (χ0) is 27.3. The molecule has 38 heavy (non-hydrogen) atoms. The Labute approximate surface area is 239 Å². The molecule has 3 aromatic carbocycles. The predicted octanol–water partition coefficient (Wildman–Crippen LogP) is 9.94. The van der Waals surface area contributed by atoms with Crippen molar-refractivity contribution in [3.8, 4) is 11.5 Å². The third-order valence-electron chi connectivity index (χ3n) is 6.51. The van der Waals surface area contributed by atoms with Crippen molar-refractivity contribution in [1.29, 1.82) is 0 Å². The number of rotatable bonds is 7.